The lowest BCUT2D eigenvalue weighted by Crippen LogP contribution is -2.21. The summed E-state index contributed by atoms with van der Waals surface area (Å²) >= 11 is 0. The molecule has 16 heavy (non-hydrogen) atoms. The fourth-order valence-electron chi connectivity index (χ4n) is 0.981. The fraction of sp³-hybridized carbons (Fsp3) is 0. The number of rotatable bonds is 2. The molecule has 0 aliphatic rings. The van der Waals surface area contributed by atoms with Crippen LogP contribution < -0.4 is 10.3 Å². The van der Waals surface area contributed by atoms with Crippen molar-refractivity contribution in [2.24, 2.45) is 0 Å². The van der Waals surface area contributed by atoms with E-state index in [1.54, 1.807) is 6.07 Å². The minimum atomic E-state index is -0.824. The highest BCUT2D eigenvalue weighted by Gasteiger charge is 2.13. The predicted octanol–water partition coefficient (Wildman–Crippen LogP) is -0.221. The molecule has 1 N–H and O–H groups in total. The van der Waals surface area contributed by atoms with E-state index in [0.29, 0.717) is 0 Å². The third kappa shape index (κ3) is 2.08. The summed E-state index contributed by atoms with van der Waals surface area (Å²) in [5.41, 5.74) is -0.753. The van der Waals surface area contributed by atoms with Crippen molar-refractivity contribution in [1.29, 1.82) is 0 Å². The Hall–Kier alpha value is -2.57. The van der Waals surface area contributed by atoms with Crippen LogP contribution in [0, 0.1) is 0 Å². The summed E-state index contributed by atoms with van der Waals surface area (Å²) in [5, 5.41) is 7.07. The van der Waals surface area contributed by atoms with Gasteiger partial charge in [0.25, 0.3) is 5.56 Å². The Labute approximate surface area is 89.1 Å². The highest BCUT2D eigenvalue weighted by atomic mass is 16.5. The molecular formula is C9H6N4O3. The summed E-state index contributed by atoms with van der Waals surface area (Å²) in [6, 6.07) is 3.01. The molecule has 2 aromatic rings. The molecule has 2 aromatic heterocycles. The number of aromatic amines is 1. The van der Waals surface area contributed by atoms with Crippen molar-refractivity contribution in [2.45, 2.75) is 0 Å². The van der Waals surface area contributed by atoms with Crippen LogP contribution in [0.2, 0.25) is 0 Å². The maximum atomic E-state index is 11.5. The zero-order valence-corrected chi connectivity index (χ0v) is 7.95. The molecular weight excluding hydrogens is 212 g/mol. The number of ether oxygens (including phenoxy) is 1. The van der Waals surface area contributed by atoms with Gasteiger partial charge in [-0.05, 0) is 6.07 Å². The van der Waals surface area contributed by atoms with Gasteiger partial charge in [-0.1, -0.05) is 0 Å². The van der Waals surface area contributed by atoms with E-state index in [4.69, 9.17) is 4.74 Å². The number of carbonyl (C=O) groups excluding carboxylic acids is 1. The topological polar surface area (TPSA) is 97.8 Å². The Morgan fingerprint density at radius 2 is 2.31 bits per heavy atom. The highest BCUT2D eigenvalue weighted by molar-refractivity contribution is 5.89. The molecule has 0 bridgehead atoms. The van der Waals surface area contributed by atoms with Crippen LogP contribution in [0.15, 0.2) is 35.6 Å². The maximum absolute atomic E-state index is 11.5. The molecule has 0 unspecified atom stereocenters. The minimum Gasteiger partial charge on any atom is -0.402 e. The predicted molar refractivity (Wildman–Crippen MR) is 51.8 cm³/mol. The molecule has 7 nitrogen and oxygen atoms in total. The first-order valence-corrected chi connectivity index (χ1v) is 4.30. The summed E-state index contributed by atoms with van der Waals surface area (Å²) in [6.07, 6.45) is 3.74. The second kappa shape index (κ2) is 4.30. The van der Waals surface area contributed by atoms with Crippen LogP contribution in [0.3, 0.4) is 0 Å². The Kier molecular flexibility index (Phi) is 2.68. The van der Waals surface area contributed by atoms with Crippen molar-refractivity contribution >= 4 is 5.97 Å². The average Bonchev–Trinajstić information content (AvgIpc) is 2.31. The lowest BCUT2D eigenvalue weighted by atomic mass is 10.3. The number of aromatic nitrogens is 4. The van der Waals surface area contributed by atoms with Gasteiger partial charge in [0.2, 0.25) is 5.88 Å². The molecule has 0 saturated carbocycles. The van der Waals surface area contributed by atoms with Crippen molar-refractivity contribution < 1.29 is 9.53 Å². The van der Waals surface area contributed by atoms with E-state index in [0.717, 1.165) is 6.20 Å². The first-order valence-electron chi connectivity index (χ1n) is 4.30. The Morgan fingerprint density at radius 1 is 1.44 bits per heavy atom. The monoisotopic (exact) mass is 218 g/mol. The van der Waals surface area contributed by atoms with Crippen LogP contribution in [0.25, 0.3) is 0 Å². The van der Waals surface area contributed by atoms with Gasteiger partial charge in [-0.2, -0.15) is 5.10 Å². The number of nitrogens with one attached hydrogen (secondary N) is 1. The average molecular weight is 218 g/mol. The number of H-pyrrole nitrogens is 1. The lowest BCUT2D eigenvalue weighted by Gasteiger charge is -2.00. The molecule has 0 aromatic carbocycles. The molecule has 0 amide bonds. The maximum Gasteiger partial charge on any atom is 0.352 e. The zero-order chi connectivity index (χ0) is 11.4. The van der Waals surface area contributed by atoms with E-state index in [-0.39, 0.29) is 11.4 Å². The molecule has 0 atom stereocenters. The van der Waals surface area contributed by atoms with Gasteiger partial charge in [0.1, 0.15) is 5.56 Å². The van der Waals surface area contributed by atoms with E-state index in [1.807, 2.05) is 0 Å². The fourth-order valence-corrected chi connectivity index (χ4v) is 0.981. The quantitative estimate of drug-likeness (QED) is 0.699. The van der Waals surface area contributed by atoms with Gasteiger partial charge >= 0.3 is 5.97 Å². The third-order valence-corrected chi connectivity index (χ3v) is 1.68. The molecule has 0 aliphatic carbocycles. The van der Waals surface area contributed by atoms with Crippen molar-refractivity contribution in [1.82, 2.24) is 20.2 Å². The number of nitrogens with zero attached hydrogens (tertiary/aromatic N) is 3. The number of esters is 1. The highest BCUT2D eigenvalue weighted by Crippen LogP contribution is 2.03. The van der Waals surface area contributed by atoms with Crippen molar-refractivity contribution in [3.8, 4) is 5.88 Å². The van der Waals surface area contributed by atoms with E-state index in [2.05, 4.69) is 20.2 Å². The Balaban J connectivity index is 2.22. The first kappa shape index (κ1) is 9.97. The van der Waals surface area contributed by atoms with E-state index >= 15 is 0 Å². The lowest BCUT2D eigenvalue weighted by molar-refractivity contribution is 0.0723. The molecule has 0 saturated heterocycles. The summed E-state index contributed by atoms with van der Waals surface area (Å²) in [7, 11) is 0. The molecule has 0 fully saturated rings. The van der Waals surface area contributed by atoms with Gasteiger partial charge in [-0.15, -0.1) is 5.10 Å². The van der Waals surface area contributed by atoms with E-state index in [9.17, 15) is 9.59 Å². The summed E-state index contributed by atoms with van der Waals surface area (Å²) in [4.78, 5) is 28.6. The summed E-state index contributed by atoms with van der Waals surface area (Å²) in [6.45, 7) is 0. The molecule has 80 valence electrons. The Bertz CT molecular complexity index is 552. The van der Waals surface area contributed by atoms with Crippen molar-refractivity contribution in [2.75, 3.05) is 0 Å². The van der Waals surface area contributed by atoms with Gasteiger partial charge in [-0.3, -0.25) is 4.79 Å². The minimum absolute atomic E-state index is 0.0238. The van der Waals surface area contributed by atoms with Crippen LogP contribution in [-0.4, -0.2) is 26.1 Å². The molecule has 2 rings (SSSR count). The van der Waals surface area contributed by atoms with Crippen LogP contribution in [0.5, 0.6) is 5.88 Å². The van der Waals surface area contributed by atoms with Crippen LogP contribution in [-0.2, 0) is 0 Å². The van der Waals surface area contributed by atoms with Gasteiger partial charge in [0.05, 0.1) is 6.33 Å². The largest absolute Gasteiger partial charge is 0.402 e. The third-order valence-electron chi connectivity index (χ3n) is 1.68. The van der Waals surface area contributed by atoms with Crippen molar-refractivity contribution in [3.05, 3.63) is 46.8 Å². The number of hydrogen-bond donors (Lipinski definition) is 1. The standard InChI is InChI=1S/C9H6N4O3/c14-8-6(4-10-5-11-8)9(15)16-7-2-1-3-12-13-7/h1-5H,(H,10,11,14). The van der Waals surface area contributed by atoms with Gasteiger partial charge < -0.3 is 9.72 Å². The second-order valence-corrected chi connectivity index (χ2v) is 2.75. The molecule has 0 radical (unpaired) electrons. The van der Waals surface area contributed by atoms with E-state index in [1.165, 1.54) is 18.6 Å². The Morgan fingerprint density at radius 3 is 3.00 bits per heavy atom. The SMILES string of the molecule is O=C(Oc1cccnn1)c1cnc[nH]c1=O. The number of carbonyl (C=O) groups is 1. The second-order valence-electron chi connectivity index (χ2n) is 2.75. The normalized spacial score (nSPS) is 9.75. The number of hydrogen-bond acceptors (Lipinski definition) is 6. The smallest absolute Gasteiger partial charge is 0.352 e. The van der Waals surface area contributed by atoms with Crippen LogP contribution >= 0.6 is 0 Å². The first-order chi connectivity index (χ1) is 7.77. The van der Waals surface area contributed by atoms with Gasteiger partial charge in [0, 0.05) is 18.5 Å². The summed E-state index contributed by atoms with van der Waals surface area (Å²) < 4.78 is 4.81. The van der Waals surface area contributed by atoms with Crippen molar-refractivity contribution in [3.63, 3.8) is 0 Å². The van der Waals surface area contributed by atoms with Gasteiger partial charge in [0.15, 0.2) is 0 Å². The molecule has 7 heteroatoms. The van der Waals surface area contributed by atoms with E-state index < -0.39 is 11.5 Å². The summed E-state index contributed by atoms with van der Waals surface area (Å²) in [5.74, 6) is -0.800. The molecule has 0 spiro atoms. The molecule has 2 heterocycles. The van der Waals surface area contributed by atoms with Gasteiger partial charge in [-0.25, -0.2) is 9.78 Å². The van der Waals surface area contributed by atoms with Crippen LogP contribution in [0.1, 0.15) is 10.4 Å². The zero-order valence-electron chi connectivity index (χ0n) is 7.95. The van der Waals surface area contributed by atoms with Crippen LogP contribution in [0.4, 0.5) is 0 Å². The molecule has 0 aliphatic heterocycles.